The Kier molecular flexibility index (Phi) is 6.33. The minimum Gasteiger partial charge on any atom is -0.346 e. The molecule has 2 aliphatic heterocycles. The first-order chi connectivity index (χ1) is 16.4. The predicted octanol–water partition coefficient (Wildman–Crippen LogP) is 3.90. The number of carbonyl (C=O) groups is 2. The van der Waals surface area contributed by atoms with E-state index in [4.69, 9.17) is 11.6 Å². The van der Waals surface area contributed by atoms with E-state index in [2.05, 4.69) is 29.5 Å². The number of carbonyl (C=O) groups excluding carboxylic acids is 2. The summed E-state index contributed by atoms with van der Waals surface area (Å²) in [6, 6.07) is 11.6. The fourth-order valence-electron chi connectivity index (χ4n) is 4.59. The Morgan fingerprint density at radius 2 is 1.97 bits per heavy atom. The second kappa shape index (κ2) is 9.40. The molecule has 5 rings (SSSR count). The predicted molar refractivity (Wildman–Crippen MR) is 134 cm³/mol. The molecule has 1 aromatic carbocycles. The molecule has 0 unspecified atom stereocenters. The van der Waals surface area contributed by atoms with Gasteiger partial charge in [-0.1, -0.05) is 25.4 Å². The van der Waals surface area contributed by atoms with E-state index < -0.39 is 0 Å². The first-order valence-electron chi connectivity index (χ1n) is 11.4. The molecule has 2 N–H and O–H groups in total. The van der Waals surface area contributed by atoms with Crippen molar-refractivity contribution in [2.45, 2.75) is 44.9 Å². The number of rotatable bonds is 7. The van der Waals surface area contributed by atoms with Crippen molar-refractivity contribution in [2.75, 3.05) is 18.0 Å². The lowest BCUT2D eigenvalue weighted by molar-refractivity contribution is 0.0935. The Balaban J connectivity index is 1.27. The summed E-state index contributed by atoms with van der Waals surface area (Å²) >= 11 is 7.23. The molecule has 8 nitrogen and oxygen atoms in total. The van der Waals surface area contributed by atoms with Gasteiger partial charge in [-0.3, -0.25) is 9.69 Å². The van der Waals surface area contributed by atoms with Crippen molar-refractivity contribution in [3.8, 4) is 5.69 Å². The van der Waals surface area contributed by atoms with Gasteiger partial charge in [0.1, 0.15) is 5.82 Å². The highest BCUT2D eigenvalue weighted by Gasteiger charge is 2.46. The first-order valence-corrected chi connectivity index (χ1v) is 12.6. The van der Waals surface area contributed by atoms with Crippen LogP contribution in [0.3, 0.4) is 0 Å². The molecule has 4 heterocycles. The van der Waals surface area contributed by atoms with Gasteiger partial charge in [-0.15, -0.1) is 11.3 Å². The highest BCUT2D eigenvalue weighted by Crippen LogP contribution is 2.31. The summed E-state index contributed by atoms with van der Waals surface area (Å²) in [5.41, 5.74) is 1.84. The Labute approximate surface area is 207 Å². The standard InChI is InChI=1S/C24H27ClN6O2S/c1-15(2)27-13-22-26-10-12-29(22)16-3-5-17(6-4-16)31-14-19-18(9-11-30(19)24(31)33)28-23(32)20-7-8-21(25)34-20/h3-8,10,12,15,18-19,27H,9,11,13-14H2,1-2H3,(H,28,32)/t18-,19-/m1/s1. The third-order valence-electron chi connectivity index (χ3n) is 6.33. The number of anilines is 1. The Morgan fingerprint density at radius 3 is 2.68 bits per heavy atom. The lowest BCUT2D eigenvalue weighted by Gasteiger charge is -2.20. The number of nitrogens with zero attached hydrogens (tertiary/aromatic N) is 4. The minimum atomic E-state index is -0.137. The third kappa shape index (κ3) is 4.43. The van der Waals surface area contributed by atoms with E-state index in [9.17, 15) is 9.59 Å². The van der Waals surface area contributed by atoms with Gasteiger partial charge in [0.05, 0.1) is 34.4 Å². The molecule has 3 aromatic rings. The molecule has 0 bridgehead atoms. The van der Waals surface area contributed by atoms with Crippen molar-refractivity contribution >= 4 is 40.6 Å². The summed E-state index contributed by atoms with van der Waals surface area (Å²) in [5.74, 6) is 0.798. The van der Waals surface area contributed by atoms with Crippen molar-refractivity contribution < 1.29 is 9.59 Å². The zero-order chi connectivity index (χ0) is 23.8. The van der Waals surface area contributed by atoms with Crippen LogP contribution in [0.1, 0.15) is 35.8 Å². The van der Waals surface area contributed by atoms with Crippen LogP contribution in [-0.2, 0) is 6.54 Å². The zero-order valence-corrected chi connectivity index (χ0v) is 20.6. The molecular formula is C24H27ClN6O2S. The lowest BCUT2D eigenvalue weighted by atomic mass is 10.1. The topological polar surface area (TPSA) is 82.5 Å². The second-order valence-electron chi connectivity index (χ2n) is 8.89. The van der Waals surface area contributed by atoms with Gasteiger partial charge in [0, 0.05) is 36.4 Å². The maximum atomic E-state index is 13.1. The molecule has 0 saturated carbocycles. The van der Waals surface area contributed by atoms with Gasteiger partial charge < -0.3 is 20.1 Å². The third-order valence-corrected chi connectivity index (χ3v) is 7.56. The fraction of sp³-hybridized carbons (Fsp3) is 0.375. The van der Waals surface area contributed by atoms with Gasteiger partial charge in [0.15, 0.2) is 0 Å². The molecule has 2 saturated heterocycles. The number of nitrogens with one attached hydrogen (secondary N) is 2. The molecule has 2 aliphatic rings. The van der Waals surface area contributed by atoms with Crippen LogP contribution in [0.15, 0.2) is 48.8 Å². The van der Waals surface area contributed by atoms with Crippen LogP contribution in [0.4, 0.5) is 10.5 Å². The number of imidazole rings is 1. The Hall–Kier alpha value is -2.88. The van der Waals surface area contributed by atoms with Crippen molar-refractivity contribution in [3.63, 3.8) is 0 Å². The molecule has 3 amide bonds. The quantitative estimate of drug-likeness (QED) is 0.517. The molecule has 34 heavy (non-hydrogen) atoms. The fourth-order valence-corrected chi connectivity index (χ4v) is 5.53. The van der Waals surface area contributed by atoms with E-state index in [0.29, 0.717) is 34.9 Å². The van der Waals surface area contributed by atoms with Crippen LogP contribution in [0, 0.1) is 0 Å². The van der Waals surface area contributed by atoms with Crippen molar-refractivity contribution in [1.29, 1.82) is 0 Å². The van der Waals surface area contributed by atoms with E-state index in [-0.39, 0.29) is 24.0 Å². The highest BCUT2D eigenvalue weighted by atomic mass is 35.5. The second-order valence-corrected chi connectivity index (χ2v) is 10.6. The Morgan fingerprint density at radius 1 is 1.21 bits per heavy atom. The number of hydrogen-bond donors (Lipinski definition) is 2. The molecule has 0 radical (unpaired) electrons. The van der Waals surface area contributed by atoms with Gasteiger partial charge in [-0.2, -0.15) is 0 Å². The van der Waals surface area contributed by atoms with Crippen LogP contribution < -0.4 is 15.5 Å². The number of hydrogen-bond acceptors (Lipinski definition) is 5. The lowest BCUT2D eigenvalue weighted by Crippen LogP contribution is -2.44. The molecule has 178 valence electrons. The molecule has 2 fully saturated rings. The van der Waals surface area contributed by atoms with Crippen LogP contribution in [0.5, 0.6) is 0 Å². The normalized spacial score (nSPS) is 19.8. The SMILES string of the molecule is CC(C)NCc1nccn1-c1ccc(N2C[C@@H]3[C@H](NC(=O)c4ccc(Cl)s4)CCN3C2=O)cc1. The minimum absolute atomic E-state index is 0.0156. The van der Waals surface area contributed by atoms with Crippen molar-refractivity contribution in [1.82, 2.24) is 25.1 Å². The molecule has 2 atom stereocenters. The van der Waals surface area contributed by atoms with Gasteiger partial charge in [-0.05, 0) is 42.8 Å². The zero-order valence-electron chi connectivity index (χ0n) is 19.1. The summed E-state index contributed by atoms with van der Waals surface area (Å²) in [4.78, 5) is 34.4. The maximum absolute atomic E-state index is 13.1. The average molecular weight is 499 g/mol. The average Bonchev–Trinajstić information content (AvgIpc) is 3.59. The van der Waals surface area contributed by atoms with Crippen LogP contribution >= 0.6 is 22.9 Å². The number of benzene rings is 1. The van der Waals surface area contributed by atoms with E-state index in [1.165, 1.54) is 11.3 Å². The largest absolute Gasteiger partial charge is 0.346 e. The summed E-state index contributed by atoms with van der Waals surface area (Å²) in [5, 5.41) is 6.50. The van der Waals surface area contributed by atoms with Crippen molar-refractivity contribution in [2.24, 2.45) is 0 Å². The number of thiophene rings is 1. The summed E-state index contributed by atoms with van der Waals surface area (Å²) in [7, 11) is 0. The Bertz CT molecular complexity index is 1190. The van der Waals surface area contributed by atoms with Gasteiger partial charge in [-0.25, -0.2) is 9.78 Å². The number of fused-ring (bicyclic) bond motifs is 1. The molecule has 10 heteroatoms. The molecule has 0 aliphatic carbocycles. The van der Waals surface area contributed by atoms with Gasteiger partial charge in [0.25, 0.3) is 5.91 Å². The summed E-state index contributed by atoms with van der Waals surface area (Å²) < 4.78 is 2.63. The highest BCUT2D eigenvalue weighted by molar-refractivity contribution is 7.18. The van der Waals surface area contributed by atoms with Gasteiger partial charge >= 0.3 is 6.03 Å². The van der Waals surface area contributed by atoms with E-state index in [1.54, 1.807) is 23.2 Å². The van der Waals surface area contributed by atoms with Crippen molar-refractivity contribution in [3.05, 3.63) is 63.8 Å². The number of halogens is 1. The number of urea groups is 1. The number of aromatic nitrogens is 2. The first kappa shape index (κ1) is 22.9. The number of amides is 3. The monoisotopic (exact) mass is 498 g/mol. The maximum Gasteiger partial charge on any atom is 0.324 e. The van der Waals surface area contributed by atoms with Crippen LogP contribution in [0.25, 0.3) is 5.69 Å². The molecule has 0 spiro atoms. The summed E-state index contributed by atoms with van der Waals surface area (Å²) in [6.45, 7) is 6.07. The van der Waals surface area contributed by atoms with E-state index >= 15 is 0 Å². The smallest absolute Gasteiger partial charge is 0.324 e. The van der Waals surface area contributed by atoms with Crippen LogP contribution in [-0.4, -0.2) is 57.6 Å². The molecular weight excluding hydrogens is 472 g/mol. The van der Waals surface area contributed by atoms with E-state index in [0.717, 1.165) is 23.6 Å². The van der Waals surface area contributed by atoms with Crippen LogP contribution in [0.2, 0.25) is 4.34 Å². The summed E-state index contributed by atoms with van der Waals surface area (Å²) in [6.07, 6.45) is 4.49. The molecule has 2 aromatic heterocycles. The van der Waals surface area contributed by atoms with E-state index in [1.807, 2.05) is 39.9 Å². The van der Waals surface area contributed by atoms with Gasteiger partial charge in [0.2, 0.25) is 0 Å².